The van der Waals surface area contributed by atoms with Crippen LogP contribution in [0.2, 0.25) is 0 Å². The van der Waals surface area contributed by atoms with Crippen LogP contribution in [0.3, 0.4) is 0 Å². The second-order valence-corrected chi connectivity index (χ2v) is 1.58. The Labute approximate surface area is 42.4 Å². The highest BCUT2D eigenvalue weighted by Crippen LogP contribution is 2.06. The van der Waals surface area contributed by atoms with E-state index in [0.717, 1.165) is 19.4 Å². The Balaban J connectivity index is 2.40. The van der Waals surface area contributed by atoms with E-state index in [1.165, 1.54) is 6.26 Å². The van der Waals surface area contributed by atoms with E-state index in [9.17, 15) is 0 Å². The van der Waals surface area contributed by atoms with E-state index in [1.807, 2.05) is 0 Å². The van der Waals surface area contributed by atoms with Gasteiger partial charge in [-0.15, -0.1) is 0 Å². The quantitative estimate of drug-likeness (QED) is 0.495. The van der Waals surface area contributed by atoms with Gasteiger partial charge in [-0.1, -0.05) is 0 Å². The fraction of sp³-hybridized carbons (Fsp3) is 0.600. The summed E-state index contributed by atoms with van der Waals surface area (Å²) < 4.78 is 4.77. The maximum absolute atomic E-state index is 8.65. The number of aliphatic hydroxyl groups excluding tert-OH is 1. The van der Waals surface area contributed by atoms with Gasteiger partial charge in [-0.2, -0.15) is 0 Å². The number of hydrogen-bond donors (Lipinski definition) is 1. The highest BCUT2D eigenvalue weighted by molar-refractivity contribution is 4.86. The lowest BCUT2D eigenvalue weighted by Gasteiger charge is -2.06. The van der Waals surface area contributed by atoms with Gasteiger partial charge < -0.3 is 9.84 Å². The lowest BCUT2D eigenvalue weighted by molar-refractivity contribution is 0.190. The molecule has 0 saturated carbocycles. The van der Waals surface area contributed by atoms with Gasteiger partial charge in [-0.05, 0) is 6.42 Å². The number of aliphatic hydroxyl groups is 1. The average molecular weight is 100 g/mol. The lowest BCUT2D eigenvalue weighted by atomic mass is 10.3. The number of ether oxygens (including phenoxy) is 1. The third-order valence-corrected chi connectivity index (χ3v) is 0.914. The van der Waals surface area contributed by atoms with Gasteiger partial charge in [-0.25, -0.2) is 0 Å². The van der Waals surface area contributed by atoms with Crippen LogP contribution in [0.15, 0.2) is 12.0 Å². The van der Waals surface area contributed by atoms with Crippen LogP contribution in [0.4, 0.5) is 0 Å². The van der Waals surface area contributed by atoms with E-state index < -0.39 is 0 Å². The van der Waals surface area contributed by atoms with E-state index in [-0.39, 0.29) is 0 Å². The van der Waals surface area contributed by atoms with Crippen molar-refractivity contribution in [3.05, 3.63) is 12.0 Å². The largest absolute Gasteiger partial charge is 0.509 e. The summed E-state index contributed by atoms with van der Waals surface area (Å²) in [6, 6.07) is 0. The molecule has 0 aromatic rings. The van der Waals surface area contributed by atoms with Crippen molar-refractivity contribution in [2.24, 2.45) is 0 Å². The zero-order valence-electron chi connectivity index (χ0n) is 4.05. The summed E-state index contributed by atoms with van der Waals surface area (Å²) in [5, 5.41) is 8.65. The van der Waals surface area contributed by atoms with Gasteiger partial charge in [0, 0.05) is 6.42 Å². The van der Waals surface area contributed by atoms with Crippen molar-refractivity contribution in [1.82, 2.24) is 0 Å². The third-order valence-electron chi connectivity index (χ3n) is 0.914. The van der Waals surface area contributed by atoms with E-state index in [0.29, 0.717) is 5.76 Å². The van der Waals surface area contributed by atoms with Gasteiger partial charge in [0.25, 0.3) is 0 Å². The maximum atomic E-state index is 8.65. The number of rotatable bonds is 0. The predicted octanol–water partition coefficient (Wildman–Crippen LogP) is 1.20. The summed E-state index contributed by atoms with van der Waals surface area (Å²) in [6.07, 6.45) is 3.13. The highest BCUT2D eigenvalue weighted by atomic mass is 16.5. The topological polar surface area (TPSA) is 29.5 Å². The van der Waals surface area contributed by atoms with Crippen molar-refractivity contribution in [3.8, 4) is 0 Å². The smallest absolute Gasteiger partial charge is 0.127 e. The first-order valence-electron chi connectivity index (χ1n) is 2.39. The van der Waals surface area contributed by atoms with Crippen molar-refractivity contribution in [3.63, 3.8) is 0 Å². The van der Waals surface area contributed by atoms with Gasteiger partial charge in [0.1, 0.15) is 12.0 Å². The molecule has 0 aliphatic carbocycles. The minimum absolute atomic E-state index is 0.367. The number of hydrogen-bond acceptors (Lipinski definition) is 2. The predicted molar refractivity (Wildman–Crippen MR) is 25.9 cm³/mol. The second-order valence-electron chi connectivity index (χ2n) is 1.58. The van der Waals surface area contributed by atoms with E-state index in [4.69, 9.17) is 9.84 Å². The standard InChI is InChI=1S/C5H8O2/c6-5-2-1-3-7-4-5/h4,6H,1-3H2. The van der Waals surface area contributed by atoms with E-state index >= 15 is 0 Å². The molecule has 0 radical (unpaired) electrons. The highest BCUT2D eigenvalue weighted by Gasteiger charge is 1.98. The van der Waals surface area contributed by atoms with E-state index in [2.05, 4.69) is 0 Å². The van der Waals surface area contributed by atoms with Gasteiger partial charge >= 0.3 is 0 Å². The molecule has 0 bridgehead atoms. The molecule has 0 aromatic heterocycles. The minimum Gasteiger partial charge on any atom is -0.509 e. The van der Waals surface area contributed by atoms with Crippen LogP contribution in [-0.4, -0.2) is 11.7 Å². The molecular weight excluding hydrogens is 92.1 g/mol. The summed E-state index contributed by atoms with van der Waals surface area (Å²) in [7, 11) is 0. The van der Waals surface area contributed by atoms with Crippen LogP contribution in [-0.2, 0) is 4.74 Å². The first-order valence-corrected chi connectivity index (χ1v) is 2.39. The molecule has 2 nitrogen and oxygen atoms in total. The molecule has 0 unspecified atom stereocenters. The normalized spacial score (nSPS) is 20.3. The minimum atomic E-state index is 0.367. The Hall–Kier alpha value is -0.660. The van der Waals surface area contributed by atoms with Crippen LogP contribution in [0, 0.1) is 0 Å². The van der Waals surface area contributed by atoms with Crippen molar-refractivity contribution < 1.29 is 9.84 Å². The van der Waals surface area contributed by atoms with Gasteiger partial charge in [0.2, 0.25) is 0 Å². The van der Waals surface area contributed by atoms with Gasteiger partial charge in [0.05, 0.1) is 6.61 Å². The molecule has 0 fully saturated rings. The molecule has 2 heteroatoms. The molecular formula is C5H8O2. The van der Waals surface area contributed by atoms with Gasteiger partial charge in [0.15, 0.2) is 0 Å². The molecule has 0 atom stereocenters. The molecule has 1 N–H and O–H groups in total. The Kier molecular flexibility index (Phi) is 1.20. The zero-order valence-corrected chi connectivity index (χ0v) is 4.05. The van der Waals surface area contributed by atoms with Crippen molar-refractivity contribution in [2.75, 3.05) is 6.61 Å². The summed E-state index contributed by atoms with van der Waals surface area (Å²) in [5.41, 5.74) is 0. The van der Waals surface area contributed by atoms with E-state index in [1.54, 1.807) is 0 Å². The molecule has 1 aliphatic rings. The molecule has 1 rings (SSSR count). The number of allylic oxidation sites excluding steroid dienone is 1. The molecule has 0 amide bonds. The molecule has 40 valence electrons. The Morgan fingerprint density at radius 3 is 2.86 bits per heavy atom. The van der Waals surface area contributed by atoms with Crippen molar-refractivity contribution in [2.45, 2.75) is 12.8 Å². The lowest BCUT2D eigenvalue weighted by Crippen LogP contribution is -1.97. The molecule has 1 heterocycles. The molecule has 1 aliphatic heterocycles. The monoisotopic (exact) mass is 100 g/mol. The van der Waals surface area contributed by atoms with Crippen LogP contribution in [0.1, 0.15) is 12.8 Å². The summed E-state index contributed by atoms with van der Waals surface area (Å²) in [4.78, 5) is 0. The first-order chi connectivity index (χ1) is 3.39. The molecule has 0 spiro atoms. The summed E-state index contributed by atoms with van der Waals surface area (Å²) >= 11 is 0. The summed E-state index contributed by atoms with van der Waals surface area (Å²) in [5.74, 6) is 0.367. The summed E-state index contributed by atoms with van der Waals surface area (Å²) in [6.45, 7) is 0.754. The molecule has 0 aromatic carbocycles. The zero-order chi connectivity index (χ0) is 5.11. The second kappa shape index (κ2) is 1.87. The van der Waals surface area contributed by atoms with Crippen molar-refractivity contribution >= 4 is 0 Å². The van der Waals surface area contributed by atoms with Crippen LogP contribution in [0.5, 0.6) is 0 Å². The Morgan fingerprint density at radius 2 is 2.57 bits per heavy atom. The Morgan fingerprint density at radius 1 is 1.71 bits per heavy atom. The molecule has 0 saturated heterocycles. The fourth-order valence-corrected chi connectivity index (χ4v) is 0.551. The first kappa shape index (κ1) is 4.50. The Bertz CT molecular complexity index is 86.1. The SMILES string of the molecule is OC1=COCCC1. The van der Waals surface area contributed by atoms with Crippen LogP contribution >= 0.6 is 0 Å². The van der Waals surface area contributed by atoms with Crippen LogP contribution < -0.4 is 0 Å². The van der Waals surface area contributed by atoms with Gasteiger partial charge in [-0.3, -0.25) is 0 Å². The van der Waals surface area contributed by atoms with Crippen LogP contribution in [0.25, 0.3) is 0 Å². The molecule has 7 heavy (non-hydrogen) atoms. The third kappa shape index (κ3) is 1.11. The van der Waals surface area contributed by atoms with Crippen molar-refractivity contribution in [1.29, 1.82) is 0 Å². The average Bonchev–Trinajstić information content (AvgIpc) is 1.69. The fourth-order valence-electron chi connectivity index (χ4n) is 0.551. The maximum Gasteiger partial charge on any atom is 0.127 e.